The molecule has 9 heteroatoms. The molecule has 0 unspecified atom stereocenters. The van der Waals surface area contributed by atoms with Gasteiger partial charge in [-0.1, -0.05) is 23.8 Å². The van der Waals surface area contributed by atoms with Crippen LogP contribution in [0, 0.1) is 20.8 Å². The smallest absolute Gasteiger partial charge is 0.269 e. The van der Waals surface area contributed by atoms with Crippen molar-refractivity contribution in [1.82, 2.24) is 18.9 Å². The Balaban J connectivity index is 1.69. The molecule has 1 amide bonds. The number of pyridine rings is 3. The molecule has 6 aromatic rings. The minimum atomic E-state index is -4.02. The van der Waals surface area contributed by atoms with Crippen LogP contribution in [-0.2, 0) is 10.0 Å². The minimum absolute atomic E-state index is 0.142. The zero-order valence-electron chi connectivity index (χ0n) is 22.1. The number of nitrogens with zero attached hydrogens (tertiary/aromatic N) is 4. The van der Waals surface area contributed by atoms with Crippen molar-refractivity contribution < 1.29 is 13.2 Å². The lowest BCUT2D eigenvalue weighted by molar-refractivity contribution is 0.1000. The van der Waals surface area contributed by atoms with Gasteiger partial charge in [0.05, 0.1) is 16.0 Å². The average Bonchev–Trinajstić information content (AvgIpc) is 3.25. The van der Waals surface area contributed by atoms with Crippen molar-refractivity contribution in [2.75, 3.05) is 0 Å². The summed E-state index contributed by atoms with van der Waals surface area (Å²) in [5.41, 5.74) is 12.5. The maximum absolute atomic E-state index is 14.0. The van der Waals surface area contributed by atoms with Crippen molar-refractivity contribution in [2.45, 2.75) is 25.7 Å². The molecule has 0 aliphatic heterocycles. The van der Waals surface area contributed by atoms with Gasteiger partial charge in [0.15, 0.2) is 5.65 Å². The highest BCUT2D eigenvalue weighted by Gasteiger charge is 2.27. The van der Waals surface area contributed by atoms with Crippen LogP contribution in [0.4, 0.5) is 0 Å². The molecule has 4 aromatic heterocycles. The molecule has 0 spiro atoms. The van der Waals surface area contributed by atoms with Crippen molar-refractivity contribution >= 4 is 37.9 Å². The van der Waals surface area contributed by atoms with Gasteiger partial charge in [-0.2, -0.15) is 0 Å². The third-order valence-corrected chi connectivity index (χ3v) is 8.93. The Morgan fingerprint density at radius 1 is 0.850 bits per heavy atom. The quantitative estimate of drug-likeness (QED) is 0.301. The van der Waals surface area contributed by atoms with Gasteiger partial charge in [0.25, 0.3) is 10.0 Å². The van der Waals surface area contributed by atoms with Crippen LogP contribution in [0.2, 0.25) is 0 Å². The Morgan fingerprint density at radius 2 is 1.62 bits per heavy atom. The lowest BCUT2D eigenvalue weighted by Gasteiger charge is -2.12. The number of fused-ring (bicyclic) bond motifs is 2. The number of primary amides is 1. The van der Waals surface area contributed by atoms with E-state index in [1.54, 1.807) is 55.8 Å². The second-order valence-corrected chi connectivity index (χ2v) is 11.6. The highest BCUT2D eigenvalue weighted by atomic mass is 32.2. The zero-order valence-corrected chi connectivity index (χ0v) is 22.9. The van der Waals surface area contributed by atoms with Crippen LogP contribution in [-0.4, -0.2) is 33.2 Å². The number of aromatic nitrogens is 4. The molecule has 0 saturated carbocycles. The van der Waals surface area contributed by atoms with Gasteiger partial charge in [-0.25, -0.2) is 17.4 Å². The Kier molecular flexibility index (Phi) is 5.96. The van der Waals surface area contributed by atoms with E-state index in [4.69, 9.17) is 5.73 Å². The average molecular weight is 548 g/mol. The van der Waals surface area contributed by atoms with E-state index in [0.717, 1.165) is 38.7 Å². The predicted molar refractivity (Wildman–Crippen MR) is 155 cm³/mol. The molecule has 8 nitrogen and oxygen atoms in total. The van der Waals surface area contributed by atoms with Gasteiger partial charge in [0.2, 0.25) is 5.91 Å². The van der Waals surface area contributed by atoms with E-state index in [1.807, 2.05) is 44.2 Å². The first kappa shape index (κ1) is 25.4. The third kappa shape index (κ3) is 4.02. The highest BCUT2D eigenvalue weighted by molar-refractivity contribution is 7.90. The second-order valence-electron chi connectivity index (χ2n) is 9.79. The van der Waals surface area contributed by atoms with Gasteiger partial charge in [0.1, 0.15) is 0 Å². The van der Waals surface area contributed by atoms with Gasteiger partial charge >= 0.3 is 0 Å². The summed E-state index contributed by atoms with van der Waals surface area (Å²) in [6.07, 6.45) is 6.60. The Hall–Kier alpha value is -4.89. The molecular formula is C31H25N5O3S. The Bertz CT molecular complexity index is 2070. The topological polar surface area (TPSA) is 121 Å². The van der Waals surface area contributed by atoms with E-state index in [0.29, 0.717) is 16.6 Å². The van der Waals surface area contributed by atoms with E-state index in [1.165, 1.54) is 10.2 Å². The number of hydrogen-bond acceptors (Lipinski definition) is 6. The molecule has 0 fully saturated rings. The third-order valence-electron chi connectivity index (χ3n) is 7.14. The number of carbonyl (C=O) groups is 1. The summed E-state index contributed by atoms with van der Waals surface area (Å²) in [7, 11) is -4.02. The Labute approximate surface area is 231 Å². The number of carbonyl (C=O) groups excluding carboxylic acids is 1. The fraction of sp³-hybridized carbons (Fsp3) is 0.0968. The molecule has 0 aliphatic rings. The molecule has 0 saturated heterocycles. The lowest BCUT2D eigenvalue weighted by atomic mass is 9.94. The summed E-state index contributed by atoms with van der Waals surface area (Å²) in [4.78, 5) is 25.6. The maximum Gasteiger partial charge on any atom is 0.269 e. The first-order valence-corrected chi connectivity index (χ1v) is 14.0. The molecule has 0 radical (unpaired) electrons. The first-order valence-electron chi connectivity index (χ1n) is 12.6. The monoisotopic (exact) mass is 547 g/mol. The maximum atomic E-state index is 14.0. The number of aryl methyl sites for hydroxylation is 2. The molecular weight excluding hydrogens is 522 g/mol. The molecule has 4 heterocycles. The Morgan fingerprint density at radius 3 is 2.33 bits per heavy atom. The fourth-order valence-corrected chi connectivity index (χ4v) is 6.73. The van der Waals surface area contributed by atoms with Crippen molar-refractivity contribution in [2.24, 2.45) is 5.73 Å². The van der Waals surface area contributed by atoms with Gasteiger partial charge in [-0.3, -0.25) is 14.8 Å². The predicted octanol–water partition coefficient (Wildman–Crippen LogP) is 5.57. The highest BCUT2D eigenvalue weighted by Crippen LogP contribution is 2.40. The van der Waals surface area contributed by atoms with Gasteiger partial charge in [-0.15, -0.1) is 0 Å². The summed E-state index contributed by atoms with van der Waals surface area (Å²) in [6, 6.07) is 18.1. The van der Waals surface area contributed by atoms with Gasteiger partial charge in [-0.05, 0) is 79.9 Å². The SMILES string of the molecule is Cc1ccc(S(=O)(=O)n2c(C)c(-c3cc(C)c4nccc(-c5cccnc5)c4c3)c3cc(C(N)=O)cnc32)cc1. The largest absolute Gasteiger partial charge is 0.366 e. The van der Waals surface area contributed by atoms with Crippen molar-refractivity contribution in [3.05, 3.63) is 108 Å². The molecule has 2 N–H and O–H groups in total. The van der Waals surface area contributed by atoms with Crippen LogP contribution in [0.1, 0.15) is 27.2 Å². The van der Waals surface area contributed by atoms with Crippen LogP contribution in [0.15, 0.2) is 90.3 Å². The van der Waals surface area contributed by atoms with E-state index < -0.39 is 15.9 Å². The lowest BCUT2D eigenvalue weighted by Crippen LogP contribution is -2.15. The van der Waals surface area contributed by atoms with Crippen molar-refractivity contribution in [1.29, 1.82) is 0 Å². The van der Waals surface area contributed by atoms with E-state index in [2.05, 4.69) is 15.0 Å². The number of benzene rings is 2. The van der Waals surface area contributed by atoms with Crippen molar-refractivity contribution in [3.8, 4) is 22.3 Å². The summed E-state index contributed by atoms with van der Waals surface area (Å²) in [5.74, 6) is -0.648. The van der Waals surface area contributed by atoms with Crippen LogP contribution >= 0.6 is 0 Å². The molecule has 2 aromatic carbocycles. The van der Waals surface area contributed by atoms with E-state index in [9.17, 15) is 13.2 Å². The number of amides is 1. The van der Waals surface area contributed by atoms with Crippen molar-refractivity contribution in [3.63, 3.8) is 0 Å². The van der Waals surface area contributed by atoms with E-state index in [-0.39, 0.29) is 16.1 Å². The van der Waals surface area contributed by atoms with Gasteiger partial charge < -0.3 is 5.73 Å². The second kappa shape index (κ2) is 9.39. The molecule has 0 bridgehead atoms. The fourth-order valence-electron chi connectivity index (χ4n) is 5.22. The first-order chi connectivity index (χ1) is 19.2. The number of nitrogens with two attached hydrogens (primary N) is 1. The zero-order chi connectivity index (χ0) is 28.2. The molecule has 0 atom stereocenters. The van der Waals surface area contributed by atoms with Crippen LogP contribution in [0.3, 0.4) is 0 Å². The molecule has 0 aliphatic carbocycles. The molecule has 198 valence electrons. The summed E-state index contributed by atoms with van der Waals surface area (Å²) >= 11 is 0. The summed E-state index contributed by atoms with van der Waals surface area (Å²) in [6.45, 7) is 5.61. The standard InChI is InChI=1S/C31H25N5O3S/c1-18-6-8-24(9-7-18)40(38,39)36-20(3)28(27-15-23(30(32)37)17-35-31(27)36)22-13-19(2)29-26(14-22)25(10-12-34-29)21-5-4-11-33-16-21/h4-17H,1-3H3,(H2,32,37). The summed E-state index contributed by atoms with van der Waals surface area (Å²) < 4.78 is 29.2. The van der Waals surface area contributed by atoms with Crippen LogP contribution in [0.5, 0.6) is 0 Å². The number of rotatable bonds is 5. The molecule has 6 rings (SSSR count). The van der Waals surface area contributed by atoms with Gasteiger partial charge in [0, 0.05) is 52.4 Å². The minimum Gasteiger partial charge on any atom is -0.366 e. The van der Waals surface area contributed by atoms with Crippen LogP contribution in [0.25, 0.3) is 44.2 Å². The van der Waals surface area contributed by atoms with E-state index >= 15 is 0 Å². The van der Waals surface area contributed by atoms with Crippen LogP contribution < -0.4 is 5.73 Å². The number of hydrogen-bond donors (Lipinski definition) is 1. The summed E-state index contributed by atoms with van der Waals surface area (Å²) in [5, 5.41) is 1.40. The normalized spacial score (nSPS) is 11.8. The molecule has 40 heavy (non-hydrogen) atoms.